The lowest BCUT2D eigenvalue weighted by molar-refractivity contribution is -0.132. The molecule has 1 aliphatic heterocycles. The zero-order valence-electron chi connectivity index (χ0n) is 17.1. The number of aromatic nitrogens is 2. The summed E-state index contributed by atoms with van der Waals surface area (Å²) in [5, 5.41) is 4.08. The topological polar surface area (TPSA) is 80.9 Å². The van der Waals surface area contributed by atoms with Gasteiger partial charge in [0.05, 0.1) is 18.2 Å². The Labute approximate surface area is 179 Å². The van der Waals surface area contributed by atoms with Crippen molar-refractivity contribution in [1.82, 2.24) is 19.9 Å². The molecule has 29 heavy (non-hydrogen) atoms. The lowest BCUT2D eigenvalue weighted by Gasteiger charge is -2.32. The number of carbonyl (C=O) groups is 1. The monoisotopic (exact) mass is 466 g/mol. The van der Waals surface area contributed by atoms with E-state index in [4.69, 9.17) is 14.0 Å². The molecular weight excluding hydrogens is 440 g/mol. The minimum atomic E-state index is 0.193. The Morgan fingerprint density at radius 2 is 2.03 bits per heavy atom. The minimum Gasteiger partial charge on any atom is -0.492 e. The van der Waals surface area contributed by atoms with Gasteiger partial charge in [-0.1, -0.05) is 5.16 Å². The Hall–Kier alpha value is -2.13. The largest absolute Gasteiger partial charge is 0.492 e. The van der Waals surface area contributed by atoms with E-state index in [0.717, 1.165) is 36.2 Å². The molecule has 1 saturated heterocycles. The van der Waals surface area contributed by atoms with Gasteiger partial charge in [-0.15, -0.1) is 0 Å². The van der Waals surface area contributed by atoms with E-state index in [1.165, 1.54) is 0 Å². The van der Waals surface area contributed by atoms with Crippen molar-refractivity contribution in [3.8, 4) is 22.9 Å². The number of nitrogens with zero attached hydrogens (tertiary/aromatic N) is 4. The molecule has 0 aliphatic carbocycles. The number of aryl methyl sites for hydroxylation is 1. The summed E-state index contributed by atoms with van der Waals surface area (Å²) in [6.07, 6.45) is 1.75. The molecule has 0 spiro atoms. The quantitative estimate of drug-likeness (QED) is 0.591. The zero-order valence-corrected chi connectivity index (χ0v) is 18.7. The third-order valence-corrected chi connectivity index (χ3v) is 5.47. The number of halogens is 1. The van der Waals surface area contributed by atoms with Gasteiger partial charge in [0.25, 0.3) is 0 Å². The molecular formula is C20H27BrN4O4. The van der Waals surface area contributed by atoms with Crippen molar-refractivity contribution in [2.45, 2.75) is 26.2 Å². The summed E-state index contributed by atoms with van der Waals surface area (Å²) in [4.78, 5) is 21.0. The first-order chi connectivity index (χ1) is 14.0. The van der Waals surface area contributed by atoms with E-state index in [1.54, 1.807) is 7.11 Å². The molecule has 8 nitrogen and oxygen atoms in total. The molecule has 0 saturated carbocycles. The van der Waals surface area contributed by atoms with Gasteiger partial charge < -0.3 is 23.8 Å². The van der Waals surface area contributed by atoms with Crippen molar-refractivity contribution in [2.75, 3.05) is 46.9 Å². The van der Waals surface area contributed by atoms with Gasteiger partial charge in [-0.2, -0.15) is 4.98 Å². The average molecular weight is 467 g/mol. The number of likely N-dealkylation sites (N-methyl/N-ethyl adjacent to an activating group) is 1. The number of ether oxygens (including phenoxy) is 2. The predicted octanol–water partition coefficient (Wildman–Crippen LogP) is 3.00. The van der Waals surface area contributed by atoms with Gasteiger partial charge in [0.2, 0.25) is 17.6 Å². The molecule has 158 valence electrons. The summed E-state index contributed by atoms with van der Waals surface area (Å²) in [6, 6.07) is 3.70. The number of carbonyl (C=O) groups excluding carboxylic acids is 1. The average Bonchev–Trinajstić information content (AvgIpc) is 3.17. The lowest BCUT2D eigenvalue weighted by Crippen LogP contribution is -2.47. The standard InChI is InChI=1S/C20H27BrN4O4/c1-4-28-16-13-14(12-15(21)19(16)27-3)20-22-17(29-23-20)6-5-7-18(26)25-10-8-24(2)9-11-25/h12-13H,4-11H2,1-3H3. The smallest absolute Gasteiger partial charge is 0.226 e. The maximum Gasteiger partial charge on any atom is 0.226 e. The van der Waals surface area contributed by atoms with Crippen LogP contribution < -0.4 is 9.47 Å². The van der Waals surface area contributed by atoms with Crippen LogP contribution in [0, 0.1) is 0 Å². The van der Waals surface area contributed by atoms with E-state index in [1.807, 2.05) is 24.0 Å². The normalized spacial score (nSPS) is 14.8. The van der Waals surface area contributed by atoms with E-state index in [2.05, 4.69) is 38.0 Å². The Kier molecular flexibility index (Phi) is 7.49. The summed E-state index contributed by atoms with van der Waals surface area (Å²) in [5.41, 5.74) is 0.768. The van der Waals surface area contributed by atoms with Crippen molar-refractivity contribution in [3.63, 3.8) is 0 Å². The molecule has 0 N–H and O–H groups in total. The van der Waals surface area contributed by atoms with Crippen molar-refractivity contribution in [2.24, 2.45) is 0 Å². The predicted molar refractivity (Wildman–Crippen MR) is 112 cm³/mol. The van der Waals surface area contributed by atoms with Crippen LogP contribution in [0.1, 0.15) is 25.7 Å². The highest BCUT2D eigenvalue weighted by molar-refractivity contribution is 9.10. The molecule has 0 radical (unpaired) electrons. The maximum atomic E-state index is 12.3. The first-order valence-corrected chi connectivity index (χ1v) is 10.6. The summed E-state index contributed by atoms with van der Waals surface area (Å²) in [6.45, 7) is 5.89. The van der Waals surface area contributed by atoms with E-state index in [0.29, 0.717) is 49.1 Å². The van der Waals surface area contributed by atoms with Crippen LogP contribution in [0.2, 0.25) is 0 Å². The highest BCUT2D eigenvalue weighted by atomic mass is 79.9. The number of methoxy groups -OCH3 is 1. The Morgan fingerprint density at radius 3 is 2.72 bits per heavy atom. The molecule has 0 unspecified atom stereocenters. The lowest BCUT2D eigenvalue weighted by atomic mass is 10.2. The molecule has 0 bridgehead atoms. The van der Waals surface area contributed by atoms with Crippen molar-refractivity contribution >= 4 is 21.8 Å². The van der Waals surface area contributed by atoms with E-state index < -0.39 is 0 Å². The molecule has 1 amide bonds. The number of hydrogen-bond donors (Lipinski definition) is 0. The second kappa shape index (κ2) is 10.1. The number of piperazine rings is 1. The first-order valence-electron chi connectivity index (χ1n) is 9.81. The SMILES string of the molecule is CCOc1cc(-c2noc(CCCC(=O)N3CCN(C)CC3)n2)cc(Br)c1OC. The highest BCUT2D eigenvalue weighted by Crippen LogP contribution is 2.39. The minimum absolute atomic E-state index is 0.193. The molecule has 2 heterocycles. The van der Waals surface area contributed by atoms with Crippen LogP contribution >= 0.6 is 15.9 Å². The molecule has 9 heteroatoms. The molecule has 3 rings (SSSR count). The highest BCUT2D eigenvalue weighted by Gasteiger charge is 2.19. The van der Waals surface area contributed by atoms with E-state index in [-0.39, 0.29) is 5.91 Å². The molecule has 1 fully saturated rings. The van der Waals surface area contributed by atoms with Crippen molar-refractivity contribution in [1.29, 1.82) is 0 Å². The number of amides is 1. The molecule has 1 aromatic heterocycles. The van der Waals surface area contributed by atoms with Crippen LogP contribution in [0.25, 0.3) is 11.4 Å². The molecule has 2 aromatic rings. The van der Waals surface area contributed by atoms with Crippen LogP contribution in [-0.4, -0.2) is 72.8 Å². The summed E-state index contributed by atoms with van der Waals surface area (Å²) < 4.78 is 17.2. The Balaban J connectivity index is 1.59. The number of rotatable bonds is 8. The maximum absolute atomic E-state index is 12.3. The van der Waals surface area contributed by atoms with Gasteiger partial charge in [0.1, 0.15) is 0 Å². The summed E-state index contributed by atoms with van der Waals surface area (Å²) in [5.74, 6) is 2.44. The fourth-order valence-electron chi connectivity index (χ4n) is 3.24. The van der Waals surface area contributed by atoms with Gasteiger partial charge in [-0.05, 0) is 48.5 Å². The van der Waals surface area contributed by atoms with Gasteiger partial charge in [-0.3, -0.25) is 4.79 Å². The van der Waals surface area contributed by atoms with Gasteiger partial charge in [0.15, 0.2) is 11.5 Å². The Bertz CT molecular complexity index is 834. The van der Waals surface area contributed by atoms with Crippen molar-refractivity contribution in [3.05, 3.63) is 22.5 Å². The first kappa shape index (κ1) is 21.6. The summed E-state index contributed by atoms with van der Waals surface area (Å²) >= 11 is 3.50. The van der Waals surface area contributed by atoms with E-state index in [9.17, 15) is 4.79 Å². The van der Waals surface area contributed by atoms with Crippen molar-refractivity contribution < 1.29 is 18.8 Å². The second-order valence-electron chi connectivity index (χ2n) is 6.97. The fraction of sp³-hybridized carbons (Fsp3) is 0.550. The fourth-order valence-corrected chi connectivity index (χ4v) is 3.84. The zero-order chi connectivity index (χ0) is 20.8. The summed E-state index contributed by atoms with van der Waals surface area (Å²) in [7, 11) is 3.67. The van der Waals surface area contributed by atoms with Gasteiger partial charge >= 0.3 is 0 Å². The van der Waals surface area contributed by atoms with Crippen LogP contribution in [0.3, 0.4) is 0 Å². The Morgan fingerprint density at radius 1 is 1.28 bits per heavy atom. The molecule has 1 aromatic carbocycles. The number of hydrogen-bond acceptors (Lipinski definition) is 7. The van der Waals surface area contributed by atoms with Crippen LogP contribution in [0.4, 0.5) is 0 Å². The van der Waals surface area contributed by atoms with Crippen LogP contribution in [0.5, 0.6) is 11.5 Å². The molecule has 0 atom stereocenters. The third-order valence-electron chi connectivity index (χ3n) is 4.88. The third kappa shape index (κ3) is 5.48. The van der Waals surface area contributed by atoms with Crippen LogP contribution in [-0.2, 0) is 11.2 Å². The van der Waals surface area contributed by atoms with E-state index >= 15 is 0 Å². The van der Waals surface area contributed by atoms with Gasteiger partial charge in [0, 0.05) is 44.6 Å². The molecule has 1 aliphatic rings. The van der Waals surface area contributed by atoms with Gasteiger partial charge in [-0.25, -0.2) is 0 Å². The second-order valence-corrected chi connectivity index (χ2v) is 7.83. The number of benzene rings is 1. The van der Waals surface area contributed by atoms with Crippen LogP contribution in [0.15, 0.2) is 21.1 Å².